The van der Waals surface area contributed by atoms with Crippen LogP contribution in [0.4, 0.5) is 0 Å². The number of carbonyl (C=O) groups is 1. The van der Waals surface area contributed by atoms with Crippen molar-refractivity contribution in [2.45, 2.75) is 12.8 Å². The van der Waals surface area contributed by atoms with Crippen LogP contribution in [0, 0.1) is 0 Å². The standard InChI is InChI=1S/C13H14ClNO3/c1-15-6-9(16)10-7-2-4-18-13(7)11(14)8-3-5-17-12(8)10/h15H,2-6H2,1H3. The Kier molecular flexibility index (Phi) is 2.92. The highest BCUT2D eigenvalue weighted by Gasteiger charge is 2.33. The van der Waals surface area contributed by atoms with Gasteiger partial charge in [-0.1, -0.05) is 11.6 Å². The summed E-state index contributed by atoms with van der Waals surface area (Å²) in [4.78, 5) is 12.2. The van der Waals surface area contributed by atoms with E-state index in [1.807, 2.05) is 0 Å². The molecule has 2 aliphatic rings. The molecule has 0 bridgehead atoms. The lowest BCUT2D eigenvalue weighted by Gasteiger charge is -2.13. The molecule has 2 aliphatic heterocycles. The quantitative estimate of drug-likeness (QED) is 0.846. The fraction of sp³-hybridized carbons (Fsp3) is 0.462. The van der Waals surface area contributed by atoms with Crippen molar-refractivity contribution in [1.82, 2.24) is 5.32 Å². The third-order valence-corrected chi connectivity index (χ3v) is 3.75. The molecule has 0 atom stereocenters. The highest BCUT2D eigenvalue weighted by atomic mass is 35.5. The van der Waals surface area contributed by atoms with Crippen molar-refractivity contribution in [3.05, 3.63) is 21.7 Å². The van der Waals surface area contributed by atoms with Gasteiger partial charge in [-0.05, 0) is 7.05 Å². The second-order valence-corrected chi connectivity index (χ2v) is 4.83. The average Bonchev–Trinajstić information content (AvgIpc) is 2.97. The third-order valence-electron chi connectivity index (χ3n) is 3.35. The highest BCUT2D eigenvalue weighted by molar-refractivity contribution is 6.33. The van der Waals surface area contributed by atoms with E-state index in [1.165, 1.54) is 0 Å². The van der Waals surface area contributed by atoms with Crippen LogP contribution in [0.3, 0.4) is 0 Å². The van der Waals surface area contributed by atoms with E-state index in [4.69, 9.17) is 21.1 Å². The second-order valence-electron chi connectivity index (χ2n) is 4.45. The first-order valence-corrected chi connectivity index (χ1v) is 6.42. The van der Waals surface area contributed by atoms with Gasteiger partial charge in [0.2, 0.25) is 0 Å². The van der Waals surface area contributed by atoms with Gasteiger partial charge in [-0.15, -0.1) is 0 Å². The zero-order valence-corrected chi connectivity index (χ0v) is 10.9. The summed E-state index contributed by atoms with van der Waals surface area (Å²) < 4.78 is 11.2. The number of Topliss-reactive ketones (excluding diaryl/α,β-unsaturated/α-hetero) is 1. The van der Waals surface area contributed by atoms with Gasteiger partial charge in [0, 0.05) is 24.0 Å². The molecule has 1 aromatic rings. The largest absolute Gasteiger partial charge is 0.492 e. The number of ketones is 1. The number of fused-ring (bicyclic) bond motifs is 2. The zero-order valence-electron chi connectivity index (χ0n) is 10.1. The maximum Gasteiger partial charge on any atom is 0.180 e. The van der Waals surface area contributed by atoms with E-state index in [-0.39, 0.29) is 5.78 Å². The van der Waals surface area contributed by atoms with Crippen LogP contribution in [0.2, 0.25) is 5.02 Å². The Morgan fingerprint density at radius 1 is 1.22 bits per heavy atom. The monoisotopic (exact) mass is 267 g/mol. The smallest absolute Gasteiger partial charge is 0.180 e. The van der Waals surface area contributed by atoms with Gasteiger partial charge in [-0.3, -0.25) is 4.79 Å². The molecule has 4 nitrogen and oxygen atoms in total. The van der Waals surface area contributed by atoms with Crippen LogP contribution in [0.15, 0.2) is 0 Å². The summed E-state index contributed by atoms with van der Waals surface area (Å²) in [5.74, 6) is 1.39. The predicted molar refractivity (Wildman–Crippen MR) is 68.1 cm³/mol. The normalized spacial score (nSPS) is 15.9. The number of halogens is 1. The first kappa shape index (κ1) is 11.8. The summed E-state index contributed by atoms with van der Waals surface area (Å²) in [7, 11) is 1.76. The number of benzene rings is 1. The Morgan fingerprint density at radius 3 is 2.61 bits per heavy atom. The molecule has 0 spiro atoms. The first-order chi connectivity index (χ1) is 8.74. The van der Waals surface area contributed by atoms with E-state index in [0.717, 1.165) is 24.0 Å². The number of rotatable bonds is 3. The molecule has 1 N–H and O–H groups in total. The SMILES string of the molecule is CNCC(=O)c1c2c(c(Cl)c3c1OCC3)OCC2. The number of carbonyl (C=O) groups excluding carboxylic acids is 1. The maximum atomic E-state index is 12.2. The lowest BCUT2D eigenvalue weighted by atomic mass is 9.96. The van der Waals surface area contributed by atoms with Crippen molar-refractivity contribution in [3.8, 4) is 11.5 Å². The molecule has 0 unspecified atom stereocenters. The van der Waals surface area contributed by atoms with Crippen LogP contribution in [0.25, 0.3) is 0 Å². The van der Waals surface area contributed by atoms with Crippen LogP contribution in [0.5, 0.6) is 11.5 Å². The molecule has 0 amide bonds. The molecule has 3 rings (SSSR count). The molecule has 0 aromatic heterocycles. The van der Waals surface area contributed by atoms with Gasteiger partial charge >= 0.3 is 0 Å². The molecule has 0 radical (unpaired) electrons. The molecule has 18 heavy (non-hydrogen) atoms. The van der Waals surface area contributed by atoms with Crippen LogP contribution in [-0.2, 0) is 12.8 Å². The van der Waals surface area contributed by atoms with Crippen LogP contribution >= 0.6 is 11.6 Å². The molecule has 0 saturated carbocycles. The van der Waals surface area contributed by atoms with E-state index < -0.39 is 0 Å². The lowest BCUT2D eigenvalue weighted by Crippen LogP contribution is -2.20. The second kappa shape index (κ2) is 4.44. The van der Waals surface area contributed by atoms with Crippen molar-refractivity contribution >= 4 is 17.4 Å². The van der Waals surface area contributed by atoms with Gasteiger partial charge in [0.25, 0.3) is 0 Å². The summed E-state index contributed by atoms with van der Waals surface area (Å²) in [5.41, 5.74) is 2.48. The van der Waals surface area contributed by atoms with Crippen molar-refractivity contribution in [1.29, 1.82) is 0 Å². The highest BCUT2D eigenvalue weighted by Crippen LogP contribution is 2.47. The van der Waals surface area contributed by atoms with Gasteiger partial charge < -0.3 is 14.8 Å². The minimum atomic E-state index is 0.0362. The molecule has 96 valence electrons. The van der Waals surface area contributed by atoms with Crippen molar-refractivity contribution in [2.24, 2.45) is 0 Å². The molecule has 0 saturated heterocycles. The number of hydrogen-bond acceptors (Lipinski definition) is 4. The number of hydrogen-bond donors (Lipinski definition) is 1. The van der Waals surface area contributed by atoms with Crippen molar-refractivity contribution in [2.75, 3.05) is 26.8 Å². The first-order valence-electron chi connectivity index (χ1n) is 6.04. The van der Waals surface area contributed by atoms with Gasteiger partial charge in [-0.25, -0.2) is 0 Å². The van der Waals surface area contributed by atoms with Gasteiger partial charge in [0.05, 0.1) is 30.3 Å². The Morgan fingerprint density at radius 2 is 1.89 bits per heavy atom. The lowest BCUT2D eigenvalue weighted by molar-refractivity contribution is 0.0989. The Hall–Kier alpha value is -1.26. The molecule has 5 heteroatoms. The fourth-order valence-electron chi connectivity index (χ4n) is 2.60. The Labute approximate surface area is 110 Å². The average molecular weight is 268 g/mol. The zero-order chi connectivity index (χ0) is 12.7. The van der Waals surface area contributed by atoms with Crippen molar-refractivity contribution < 1.29 is 14.3 Å². The molecule has 0 aliphatic carbocycles. The molecular weight excluding hydrogens is 254 g/mol. The topological polar surface area (TPSA) is 47.6 Å². The molecular formula is C13H14ClNO3. The van der Waals surface area contributed by atoms with Gasteiger partial charge in [0.15, 0.2) is 5.78 Å². The van der Waals surface area contributed by atoms with E-state index in [2.05, 4.69) is 5.32 Å². The molecule has 1 aromatic carbocycles. The maximum absolute atomic E-state index is 12.2. The summed E-state index contributed by atoms with van der Waals surface area (Å²) in [6, 6.07) is 0. The third kappa shape index (κ3) is 1.60. The number of nitrogens with one attached hydrogen (secondary N) is 1. The van der Waals surface area contributed by atoms with E-state index >= 15 is 0 Å². The Balaban J connectivity index is 2.21. The van der Waals surface area contributed by atoms with E-state index in [0.29, 0.717) is 41.8 Å². The predicted octanol–water partition coefficient (Wildman–Crippen LogP) is 1.61. The summed E-state index contributed by atoms with van der Waals surface area (Å²) >= 11 is 6.32. The fourth-order valence-corrected chi connectivity index (χ4v) is 2.95. The molecule has 0 fully saturated rings. The van der Waals surface area contributed by atoms with Crippen LogP contribution in [0.1, 0.15) is 21.5 Å². The Bertz CT molecular complexity index is 492. The van der Waals surface area contributed by atoms with Gasteiger partial charge in [0.1, 0.15) is 11.5 Å². The summed E-state index contributed by atoms with van der Waals surface area (Å²) in [5, 5.41) is 3.51. The summed E-state index contributed by atoms with van der Waals surface area (Å²) in [6.45, 7) is 1.46. The molecule has 2 heterocycles. The summed E-state index contributed by atoms with van der Waals surface area (Å²) in [6.07, 6.45) is 1.46. The minimum absolute atomic E-state index is 0.0362. The van der Waals surface area contributed by atoms with Crippen LogP contribution < -0.4 is 14.8 Å². The van der Waals surface area contributed by atoms with Crippen LogP contribution in [-0.4, -0.2) is 32.6 Å². The van der Waals surface area contributed by atoms with Crippen molar-refractivity contribution in [3.63, 3.8) is 0 Å². The van der Waals surface area contributed by atoms with Gasteiger partial charge in [-0.2, -0.15) is 0 Å². The van der Waals surface area contributed by atoms with E-state index in [9.17, 15) is 4.79 Å². The minimum Gasteiger partial charge on any atom is -0.492 e. The number of likely N-dealkylation sites (N-methyl/N-ethyl adjacent to an activating group) is 1. The number of ether oxygens (including phenoxy) is 2. The van der Waals surface area contributed by atoms with E-state index in [1.54, 1.807) is 7.05 Å².